The highest BCUT2D eigenvalue weighted by Gasteiger charge is 2.35. The zero-order valence-corrected chi connectivity index (χ0v) is 19.0. The number of esters is 1. The number of carbonyl (C=O) groups excluding carboxylic acids is 4. The maximum absolute atomic E-state index is 13.1. The molecule has 2 aromatic rings. The molecule has 10 heteroatoms. The number of rotatable bonds is 9. The van der Waals surface area contributed by atoms with Crippen molar-refractivity contribution in [3.05, 3.63) is 35.0 Å². The zero-order valence-electron chi connectivity index (χ0n) is 18.3. The number of carbonyl (C=O) groups is 4. The van der Waals surface area contributed by atoms with E-state index >= 15 is 0 Å². The van der Waals surface area contributed by atoms with Crippen LogP contribution in [-0.2, 0) is 19.1 Å². The summed E-state index contributed by atoms with van der Waals surface area (Å²) in [5, 5.41) is 9.46. The standard InChI is InChI=1S/C23H27ClN4O5/c1-33-23(32)19(10-13-7-8-25-20(13)29)28-21(30)17(9-12-5-6-12)27-22(31)18-11-14-15(24)3-2-4-16(14)26-18/h2-4,11-13,17,19,26H,5-10H2,1H3,(H,25,29)(H,27,31)(H,28,30)/t13-,17?,19?/m0/s1. The average Bonchev–Trinajstić information content (AvgIpc) is 3.35. The van der Waals surface area contributed by atoms with Gasteiger partial charge in [-0.15, -0.1) is 0 Å². The van der Waals surface area contributed by atoms with Crippen molar-refractivity contribution in [1.82, 2.24) is 20.9 Å². The monoisotopic (exact) mass is 474 g/mol. The molecule has 0 radical (unpaired) electrons. The van der Waals surface area contributed by atoms with Crippen LogP contribution in [-0.4, -0.2) is 54.4 Å². The molecule has 176 valence electrons. The number of aromatic amines is 1. The molecule has 2 unspecified atom stereocenters. The molecule has 4 N–H and O–H groups in total. The Balaban J connectivity index is 1.47. The van der Waals surface area contributed by atoms with Gasteiger partial charge in [-0.2, -0.15) is 0 Å². The molecule has 33 heavy (non-hydrogen) atoms. The van der Waals surface area contributed by atoms with Gasteiger partial charge in [-0.25, -0.2) is 4.79 Å². The Labute approximate surface area is 195 Å². The minimum absolute atomic E-state index is 0.140. The van der Waals surface area contributed by atoms with E-state index in [1.54, 1.807) is 18.2 Å². The first kappa shape index (κ1) is 23.1. The van der Waals surface area contributed by atoms with E-state index in [0.717, 1.165) is 18.4 Å². The molecule has 2 aliphatic rings. The molecule has 1 aromatic heterocycles. The SMILES string of the molecule is COC(=O)C(C[C@@H]1CCNC1=O)NC(=O)C(CC1CC1)NC(=O)c1cc2c(Cl)cccc2[nH]1. The van der Waals surface area contributed by atoms with Gasteiger partial charge in [0.1, 0.15) is 17.8 Å². The second-order valence-corrected chi connectivity index (χ2v) is 9.09. The topological polar surface area (TPSA) is 129 Å². The van der Waals surface area contributed by atoms with Gasteiger partial charge in [0.15, 0.2) is 0 Å². The van der Waals surface area contributed by atoms with Gasteiger partial charge < -0.3 is 25.7 Å². The van der Waals surface area contributed by atoms with Gasteiger partial charge in [-0.3, -0.25) is 14.4 Å². The molecule has 0 spiro atoms. The van der Waals surface area contributed by atoms with Crippen molar-refractivity contribution in [2.75, 3.05) is 13.7 Å². The first-order valence-electron chi connectivity index (χ1n) is 11.1. The number of benzene rings is 1. The van der Waals surface area contributed by atoms with E-state index < -0.39 is 29.9 Å². The summed E-state index contributed by atoms with van der Waals surface area (Å²) in [5.74, 6) is -1.70. The Morgan fingerprint density at radius 1 is 1.15 bits per heavy atom. The Kier molecular flexibility index (Phi) is 6.88. The minimum atomic E-state index is -0.971. The third kappa shape index (κ3) is 5.47. The second kappa shape index (κ2) is 9.82. The van der Waals surface area contributed by atoms with Gasteiger partial charge in [-0.1, -0.05) is 30.5 Å². The molecule has 1 saturated carbocycles. The van der Waals surface area contributed by atoms with Crippen molar-refractivity contribution in [1.29, 1.82) is 0 Å². The normalized spacial score (nSPS) is 19.6. The molecule has 3 atom stereocenters. The number of amides is 3. The summed E-state index contributed by atoms with van der Waals surface area (Å²) in [6, 6.07) is 5.18. The lowest BCUT2D eigenvalue weighted by Gasteiger charge is -2.23. The fraction of sp³-hybridized carbons (Fsp3) is 0.478. The van der Waals surface area contributed by atoms with E-state index in [-0.39, 0.29) is 18.2 Å². The van der Waals surface area contributed by atoms with Gasteiger partial charge in [-0.05, 0) is 43.4 Å². The summed E-state index contributed by atoms with van der Waals surface area (Å²) in [4.78, 5) is 53.3. The number of fused-ring (bicyclic) bond motifs is 1. The van der Waals surface area contributed by atoms with Crippen LogP contribution in [0.2, 0.25) is 5.02 Å². The molecule has 4 rings (SSSR count). The van der Waals surface area contributed by atoms with E-state index in [9.17, 15) is 19.2 Å². The Morgan fingerprint density at radius 2 is 1.94 bits per heavy atom. The van der Waals surface area contributed by atoms with Crippen molar-refractivity contribution < 1.29 is 23.9 Å². The predicted molar refractivity (Wildman–Crippen MR) is 122 cm³/mol. The fourth-order valence-electron chi connectivity index (χ4n) is 4.18. The second-order valence-electron chi connectivity index (χ2n) is 8.69. The molecule has 1 aliphatic heterocycles. The van der Waals surface area contributed by atoms with Crippen LogP contribution in [0.25, 0.3) is 10.9 Å². The van der Waals surface area contributed by atoms with Crippen LogP contribution in [0.5, 0.6) is 0 Å². The van der Waals surface area contributed by atoms with Gasteiger partial charge >= 0.3 is 5.97 Å². The van der Waals surface area contributed by atoms with Crippen LogP contribution in [0.3, 0.4) is 0 Å². The van der Waals surface area contributed by atoms with Crippen LogP contribution in [0, 0.1) is 11.8 Å². The minimum Gasteiger partial charge on any atom is -0.467 e. The van der Waals surface area contributed by atoms with Crippen molar-refractivity contribution in [3.63, 3.8) is 0 Å². The number of ether oxygens (including phenoxy) is 1. The number of hydrogen-bond acceptors (Lipinski definition) is 5. The van der Waals surface area contributed by atoms with Gasteiger partial charge in [0, 0.05) is 28.4 Å². The summed E-state index contributed by atoms with van der Waals surface area (Å²) in [6.07, 6.45) is 3.19. The molecule has 2 fully saturated rings. The molecule has 2 heterocycles. The quantitative estimate of drug-likeness (QED) is 0.412. The Morgan fingerprint density at radius 3 is 2.58 bits per heavy atom. The summed E-state index contributed by atoms with van der Waals surface area (Å²) in [6.45, 7) is 0.542. The molecule has 9 nitrogen and oxygen atoms in total. The first-order valence-corrected chi connectivity index (χ1v) is 11.5. The van der Waals surface area contributed by atoms with Gasteiger partial charge in [0.25, 0.3) is 5.91 Å². The van der Waals surface area contributed by atoms with Crippen molar-refractivity contribution in [3.8, 4) is 0 Å². The number of aromatic nitrogens is 1. The molecule has 1 aliphatic carbocycles. The van der Waals surface area contributed by atoms with Crippen LogP contribution >= 0.6 is 11.6 Å². The number of halogens is 1. The fourth-order valence-corrected chi connectivity index (χ4v) is 4.41. The Bertz CT molecular complexity index is 1080. The average molecular weight is 475 g/mol. The highest BCUT2D eigenvalue weighted by Crippen LogP contribution is 2.34. The maximum atomic E-state index is 13.1. The molecular formula is C23H27ClN4O5. The number of methoxy groups -OCH3 is 1. The molecule has 3 amide bonds. The lowest BCUT2D eigenvalue weighted by molar-refractivity contribution is -0.146. The lowest BCUT2D eigenvalue weighted by Crippen LogP contribution is -2.52. The van der Waals surface area contributed by atoms with E-state index in [0.29, 0.717) is 41.4 Å². The molecule has 1 saturated heterocycles. The number of hydrogen-bond donors (Lipinski definition) is 4. The summed E-state index contributed by atoms with van der Waals surface area (Å²) in [5.41, 5.74) is 1.01. The lowest BCUT2D eigenvalue weighted by atomic mass is 9.97. The van der Waals surface area contributed by atoms with Gasteiger partial charge in [0.05, 0.1) is 7.11 Å². The summed E-state index contributed by atoms with van der Waals surface area (Å²) >= 11 is 6.20. The smallest absolute Gasteiger partial charge is 0.328 e. The molecule has 1 aromatic carbocycles. The maximum Gasteiger partial charge on any atom is 0.328 e. The van der Waals surface area contributed by atoms with Crippen molar-refractivity contribution >= 4 is 46.2 Å². The highest BCUT2D eigenvalue weighted by molar-refractivity contribution is 6.35. The zero-order chi connectivity index (χ0) is 23.5. The van der Waals surface area contributed by atoms with Crippen LogP contribution < -0.4 is 16.0 Å². The van der Waals surface area contributed by atoms with E-state index in [1.165, 1.54) is 7.11 Å². The van der Waals surface area contributed by atoms with E-state index in [4.69, 9.17) is 16.3 Å². The Hall–Kier alpha value is -3.07. The molecule has 0 bridgehead atoms. The highest BCUT2D eigenvalue weighted by atomic mass is 35.5. The van der Waals surface area contributed by atoms with Gasteiger partial charge in [0.2, 0.25) is 11.8 Å². The first-order chi connectivity index (χ1) is 15.9. The summed E-state index contributed by atoms with van der Waals surface area (Å²) in [7, 11) is 1.24. The third-order valence-corrected chi connectivity index (χ3v) is 6.56. The number of nitrogens with one attached hydrogen (secondary N) is 4. The van der Waals surface area contributed by atoms with Crippen LogP contribution in [0.4, 0.5) is 0 Å². The summed E-state index contributed by atoms with van der Waals surface area (Å²) < 4.78 is 4.84. The van der Waals surface area contributed by atoms with E-state index in [1.807, 2.05) is 6.07 Å². The number of H-pyrrole nitrogens is 1. The molecular weight excluding hydrogens is 448 g/mol. The predicted octanol–water partition coefficient (Wildman–Crippen LogP) is 1.90. The van der Waals surface area contributed by atoms with E-state index in [2.05, 4.69) is 20.9 Å². The van der Waals surface area contributed by atoms with Crippen LogP contribution in [0.1, 0.15) is 42.6 Å². The van der Waals surface area contributed by atoms with Crippen molar-refractivity contribution in [2.24, 2.45) is 11.8 Å². The third-order valence-electron chi connectivity index (χ3n) is 6.23. The van der Waals surface area contributed by atoms with Crippen molar-refractivity contribution in [2.45, 2.75) is 44.2 Å². The van der Waals surface area contributed by atoms with Crippen LogP contribution in [0.15, 0.2) is 24.3 Å². The largest absolute Gasteiger partial charge is 0.467 e.